The Morgan fingerprint density at radius 3 is 3.20 bits per heavy atom. The number of fused-ring (bicyclic) bond motifs is 1. The molecule has 1 unspecified atom stereocenters. The Labute approximate surface area is 90.9 Å². The summed E-state index contributed by atoms with van der Waals surface area (Å²) in [4.78, 5) is 4.57. The van der Waals surface area contributed by atoms with Gasteiger partial charge in [0.15, 0.2) is 0 Å². The summed E-state index contributed by atoms with van der Waals surface area (Å²) in [6.45, 7) is 5.87. The number of ether oxygens (including phenoxy) is 1. The van der Waals surface area contributed by atoms with Gasteiger partial charge in [-0.2, -0.15) is 0 Å². The van der Waals surface area contributed by atoms with Crippen LogP contribution < -0.4 is 10.1 Å². The van der Waals surface area contributed by atoms with E-state index in [0.29, 0.717) is 12.6 Å². The number of hydrogen-bond donors (Lipinski definition) is 1. The van der Waals surface area contributed by atoms with Gasteiger partial charge in [0, 0.05) is 17.8 Å². The highest BCUT2D eigenvalue weighted by Gasteiger charge is 2.14. The number of rotatable bonds is 3. The summed E-state index contributed by atoms with van der Waals surface area (Å²) >= 11 is 0. The molecule has 1 aliphatic heterocycles. The second-order valence-electron chi connectivity index (χ2n) is 4.11. The molecule has 0 saturated carbocycles. The van der Waals surface area contributed by atoms with Crippen LogP contribution in [0.3, 0.4) is 0 Å². The number of pyridine rings is 1. The van der Waals surface area contributed by atoms with Crippen molar-refractivity contribution in [1.29, 1.82) is 0 Å². The standard InChI is InChI=1S/C12H18N2O/c1-3-4-9(2)11-6-5-10-7-13-8-15-12(10)14-11/h5-6,9,13H,3-4,7-8H2,1-2H3. The lowest BCUT2D eigenvalue weighted by Crippen LogP contribution is -2.26. The Balaban J connectivity index is 2.20. The fourth-order valence-electron chi connectivity index (χ4n) is 1.90. The quantitative estimate of drug-likeness (QED) is 0.824. The van der Waals surface area contributed by atoms with E-state index in [1.54, 1.807) is 0 Å². The zero-order chi connectivity index (χ0) is 10.7. The summed E-state index contributed by atoms with van der Waals surface area (Å²) in [7, 11) is 0. The molecule has 0 fully saturated rings. The van der Waals surface area contributed by atoms with Gasteiger partial charge < -0.3 is 4.74 Å². The first-order valence-electron chi connectivity index (χ1n) is 5.64. The molecule has 3 nitrogen and oxygen atoms in total. The van der Waals surface area contributed by atoms with Gasteiger partial charge in [-0.3, -0.25) is 5.32 Å². The van der Waals surface area contributed by atoms with E-state index in [0.717, 1.165) is 23.7 Å². The first-order valence-corrected chi connectivity index (χ1v) is 5.64. The SMILES string of the molecule is CCCC(C)c1ccc2c(n1)OCNC2. The molecule has 0 spiro atoms. The molecule has 2 heterocycles. The lowest BCUT2D eigenvalue weighted by atomic mass is 10.0. The fourth-order valence-corrected chi connectivity index (χ4v) is 1.90. The van der Waals surface area contributed by atoms with Crippen molar-refractivity contribution in [1.82, 2.24) is 10.3 Å². The van der Waals surface area contributed by atoms with Crippen LogP contribution in [-0.2, 0) is 6.54 Å². The van der Waals surface area contributed by atoms with Crippen LogP contribution in [0.25, 0.3) is 0 Å². The smallest absolute Gasteiger partial charge is 0.219 e. The molecule has 2 rings (SSSR count). The molecule has 0 amide bonds. The van der Waals surface area contributed by atoms with Gasteiger partial charge in [0.1, 0.15) is 6.73 Å². The van der Waals surface area contributed by atoms with Crippen molar-refractivity contribution in [2.45, 2.75) is 39.2 Å². The third kappa shape index (κ3) is 2.29. The molecule has 0 aromatic carbocycles. The summed E-state index contributed by atoms with van der Waals surface area (Å²) in [6, 6.07) is 4.24. The van der Waals surface area contributed by atoms with E-state index in [-0.39, 0.29) is 0 Å². The molecule has 15 heavy (non-hydrogen) atoms. The molecular formula is C12H18N2O. The second-order valence-corrected chi connectivity index (χ2v) is 4.11. The van der Waals surface area contributed by atoms with Crippen LogP contribution >= 0.6 is 0 Å². The van der Waals surface area contributed by atoms with Crippen LogP contribution in [-0.4, -0.2) is 11.7 Å². The van der Waals surface area contributed by atoms with Gasteiger partial charge in [0.2, 0.25) is 5.88 Å². The third-order valence-corrected chi connectivity index (χ3v) is 2.81. The van der Waals surface area contributed by atoms with Gasteiger partial charge in [0.05, 0.1) is 0 Å². The highest BCUT2D eigenvalue weighted by atomic mass is 16.5. The first-order chi connectivity index (χ1) is 7.31. The van der Waals surface area contributed by atoms with Crippen molar-refractivity contribution < 1.29 is 4.74 Å². The van der Waals surface area contributed by atoms with Crippen LogP contribution in [0.15, 0.2) is 12.1 Å². The minimum absolute atomic E-state index is 0.527. The topological polar surface area (TPSA) is 34.1 Å². The minimum Gasteiger partial charge on any atom is -0.461 e. The maximum absolute atomic E-state index is 5.47. The summed E-state index contributed by atoms with van der Waals surface area (Å²) in [5.41, 5.74) is 2.31. The lowest BCUT2D eigenvalue weighted by Gasteiger charge is -2.19. The van der Waals surface area contributed by atoms with Crippen LogP contribution in [0.1, 0.15) is 43.9 Å². The van der Waals surface area contributed by atoms with Crippen molar-refractivity contribution in [3.63, 3.8) is 0 Å². The van der Waals surface area contributed by atoms with E-state index in [4.69, 9.17) is 4.74 Å². The molecule has 1 aliphatic rings. The number of nitrogens with zero attached hydrogens (tertiary/aromatic N) is 1. The van der Waals surface area contributed by atoms with Crippen LogP contribution in [0.5, 0.6) is 5.88 Å². The molecule has 1 aromatic rings. The lowest BCUT2D eigenvalue weighted by molar-refractivity contribution is 0.245. The number of hydrogen-bond acceptors (Lipinski definition) is 3. The second kappa shape index (κ2) is 4.62. The minimum atomic E-state index is 0.527. The van der Waals surface area contributed by atoms with Crippen LogP contribution in [0.4, 0.5) is 0 Å². The van der Waals surface area contributed by atoms with E-state index >= 15 is 0 Å². The van der Waals surface area contributed by atoms with Crippen molar-refractivity contribution in [3.05, 3.63) is 23.4 Å². The third-order valence-electron chi connectivity index (χ3n) is 2.81. The molecule has 0 saturated heterocycles. The Morgan fingerprint density at radius 1 is 1.53 bits per heavy atom. The van der Waals surface area contributed by atoms with Gasteiger partial charge in [0.25, 0.3) is 0 Å². The molecule has 0 radical (unpaired) electrons. The molecule has 0 aliphatic carbocycles. The summed E-state index contributed by atoms with van der Waals surface area (Å²) < 4.78 is 5.47. The average molecular weight is 206 g/mol. The molecule has 82 valence electrons. The summed E-state index contributed by atoms with van der Waals surface area (Å²) in [6.07, 6.45) is 2.38. The predicted molar refractivity (Wildman–Crippen MR) is 59.9 cm³/mol. The zero-order valence-electron chi connectivity index (χ0n) is 9.42. The zero-order valence-corrected chi connectivity index (χ0v) is 9.42. The van der Waals surface area contributed by atoms with E-state index in [9.17, 15) is 0 Å². The van der Waals surface area contributed by atoms with Gasteiger partial charge in [-0.15, -0.1) is 0 Å². The van der Waals surface area contributed by atoms with E-state index < -0.39 is 0 Å². The normalized spacial score (nSPS) is 16.7. The van der Waals surface area contributed by atoms with Gasteiger partial charge >= 0.3 is 0 Å². The van der Waals surface area contributed by atoms with Gasteiger partial charge in [-0.05, 0) is 18.4 Å². The van der Waals surface area contributed by atoms with E-state index in [2.05, 4.69) is 36.3 Å². The van der Waals surface area contributed by atoms with Crippen molar-refractivity contribution in [3.8, 4) is 5.88 Å². The Kier molecular flexibility index (Phi) is 3.21. The van der Waals surface area contributed by atoms with Gasteiger partial charge in [-0.25, -0.2) is 4.98 Å². The molecule has 1 aromatic heterocycles. The number of aromatic nitrogens is 1. The molecule has 1 atom stereocenters. The first kappa shape index (κ1) is 10.4. The fraction of sp³-hybridized carbons (Fsp3) is 0.583. The molecule has 0 bridgehead atoms. The van der Waals surface area contributed by atoms with Crippen molar-refractivity contribution in [2.75, 3.05) is 6.73 Å². The predicted octanol–water partition coefficient (Wildman–Crippen LogP) is 2.42. The maximum atomic E-state index is 5.47. The van der Waals surface area contributed by atoms with Gasteiger partial charge in [-0.1, -0.05) is 26.3 Å². The molecular weight excluding hydrogens is 188 g/mol. The van der Waals surface area contributed by atoms with E-state index in [1.165, 1.54) is 12.8 Å². The Hall–Kier alpha value is -1.09. The summed E-state index contributed by atoms with van der Waals surface area (Å²) in [5, 5.41) is 3.15. The van der Waals surface area contributed by atoms with E-state index in [1.807, 2.05) is 0 Å². The largest absolute Gasteiger partial charge is 0.461 e. The highest BCUT2D eigenvalue weighted by Crippen LogP contribution is 2.24. The molecule has 1 N–H and O–H groups in total. The maximum Gasteiger partial charge on any atom is 0.219 e. The van der Waals surface area contributed by atoms with Crippen LogP contribution in [0.2, 0.25) is 0 Å². The highest BCUT2D eigenvalue weighted by molar-refractivity contribution is 5.30. The Bertz CT molecular complexity index is 338. The number of nitrogens with one attached hydrogen (secondary N) is 1. The van der Waals surface area contributed by atoms with Crippen LogP contribution in [0, 0.1) is 0 Å². The Morgan fingerprint density at radius 2 is 2.40 bits per heavy atom. The molecule has 3 heteroatoms. The van der Waals surface area contributed by atoms with Crippen molar-refractivity contribution >= 4 is 0 Å². The van der Waals surface area contributed by atoms with Crippen molar-refractivity contribution in [2.24, 2.45) is 0 Å². The monoisotopic (exact) mass is 206 g/mol. The average Bonchev–Trinajstić information content (AvgIpc) is 2.29. The summed E-state index contributed by atoms with van der Waals surface area (Å²) in [5.74, 6) is 1.34.